The summed E-state index contributed by atoms with van der Waals surface area (Å²) in [5, 5.41) is 0. The molecule has 2 saturated carbocycles. The van der Waals surface area contributed by atoms with E-state index in [1.807, 2.05) is 6.92 Å². The number of hydrogen-bond donors (Lipinski definition) is 0. The van der Waals surface area contributed by atoms with E-state index < -0.39 is 12.1 Å². The van der Waals surface area contributed by atoms with E-state index in [1.54, 1.807) is 0 Å². The van der Waals surface area contributed by atoms with Crippen molar-refractivity contribution in [3.8, 4) is 0 Å². The molecule has 0 bridgehead atoms. The largest absolute Gasteiger partial charge is 0.435 e. The van der Waals surface area contributed by atoms with Crippen molar-refractivity contribution in [2.24, 2.45) is 47.3 Å². The SMILES string of the molecule is C[C@H]1[C@H](O[C@@]2(C)OC(=O)[C@@H]3[C@@H](CC[C@H]3C)[C@H]2C)OC(=O)[C@@H]2[C@H]1CC[C@H]2C. The Hall–Kier alpha value is -1.10. The molecule has 26 heavy (non-hydrogen) atoms. The minimum absolute atomic E-state index is 0.0101. The van der Waals surface area contributed by atoms with Gasteiger partial charge in [-0.15, -0.1) is 0 Å². The van der Waals surface area contributed by atoms with Gasteiger partial charge in [-0.2, -0.15) is 0 Å². The molecule has 0 N–H and O–H groups in total. The molecule has 0 spiro atoms. The van der Waals surface area contributed by atoms with Gasteiger partial charge >= 0.3 is 11.9 Å². The maximum Gasteiger partial charge on any atom is 0.312 e. The molecule has 0 radical (unpaired) electrons. The smallest absolute Gasteiger partial charge is 0.312 e. The fraction of sp³-hybridized carbons (Fsp3) is 0.905. The summed E-state index contributed by atoms with van der Waals surface area (Å²) in [6, 6.07) is 0. The first-order valence-electron chi connectivity index (χ1n) is 10.3. The van der Waals surface area contributed by atoms with Gasteiger partial charge in [0.05, 0.1) is 11.8 Å². The summed E-state index contributed by atoms with van der Waals surface area (Å²) < 4.78 is 17.8. The number of ether oxygens (including phenoxy) is 3. The molecule has 4 aliphatic rings. The van der Waals surface area contributed by atoms with E-state index >= 15 is 0 Å². The van der Waals surface area contributed by atoms with Crippen LogP contribution in [0.3, 0.4) is 0 Å². The van der Waals surface area contributed by atoms with E-state index in [0.717, 1.165) is 25.7 Å². The maximum atomic E-state index is 12.7. The molecule has 5 heteroatoms. The second-order valence-electron chi connectivity index (χ2n) is 9.50. The Balaban J connectivity index is 1.53. The molecule has 0 amide bonds. The lowest BCUT2D eigenvalue weighted by molar-refractivity contribution is -0.338. The van der Waals surface area contributed by atoms with Gasteiger partial charge in [-0.1, -0.05) is 27.7 Å². The molecule has 0 aromatic rings. The molecule has 2 aliphatic heterocycles. The molecule has 10 atom stereocenters. The lowest BCUT2D eigenvalue weighted by atomic mass is 9.75. The Morgan fingerprint density at radius 1 is 0.885 bits per heavy atom. The third kappa shape index (κ3) is 2.61. The monoisotopic (exact) mass is 364 g/mol. The molecule has 2 heterocycles. The van der Waals surface area contributed by atoms with Crippen molar-refractivity contribution in [1.82, 2.24) is 0 Å². The molecule has 4 rings (SSSR count). The van der Waals surface area contributed by atoms with E-state index in [2.05, 4.69) is 27.7 Å². The van der Waals surface area contributed by atoms with Crippen LogP contribution in [0.1, 0.15) is 60.3 Å². The highest BCUT2D eigenvalue weighted by atomic mass is 16.8. The molecular weight excluding hydrogens is 332 g/mol. The summed E-state index contributed by atoms with van der Waals surface area (Å²) in [6.45, 7) is 10.3. The first-order valence-corrected chi connectivity index (χ1v) is 10.3. The Morgan fingerprint density at radius 3 is 2.12 bits per heavy atom. The van der Waals surface area contributed by atoms with E-state index in [4.69, 9.17) is 14.2 Å². The van der Waals surface area contributed by atoms with Crippen LogP contribution in [-0.2, 0) is 23.8 Å². The molecule has 4 fully saturated rings. The quantitative estimate of drug-likeness (QED) is 0.698. The van der Waals surface area contributed by atoms with Crippen LogP contribution in [0.15, 0.2) is 0 Å². The molecule has 5 nitrogen and oxygen atoms in total. The van der Waals surface area contributed by atoms with Crippen LogP contribution < -0.4 is 0 Å². The zero-order valence-electron chi connectivity index (χ0n) is 16.6. The lowest BCUT2D eigenvalue weighted by Gasteiger charge is -2.48. The first-order chi connectivity index (χ1) is 12.2. The average molecular weight is 364 g/mol. The van der Waals surface area contributed by atoms with Gasteiger partial charge in [-0.25, -0.2) is 0 Å². The van der Waals surface area contributed by atoms with Gasteiger partial charge in [-0.05, 0) is 49.4 Å². The minimum atomic E-state index is -1.03. The van der Waals surface area contributed by atoms with Crippen LogP contribution in [0.2, 0.25) is 0 Å². The summed E-state index contributed by atoms with van der Waals surface area (Å²) in [7, 11) is 0. The standard InChI is InChI=1S/C21H32O5/c1-10-6-8-14-12(3)20(24-18(22)16(10)14)26-21(5)13(4)15-9-7-11(2)17(15)19(23)25-21/h10-17,20H,6-9H2,1-5H3/t10-,11-,12-,13-,14+,15+,16+,17+,20+,21-/m1/s1. The van der Waals surface area contributed by atoms with Gasteiger partial charge in [0.1, 0.15) is 0 Å². The third-order valence-corrected chi connectivity index (χ3v) is 8.06. The second-order valence-corrected chi connectivity index (χ2v) is 9.50. The van der Waals surface area contributed by atoms with Gasteiger partial charge < -0.3 is 9.47 Å². The zero-order valence-corrected chi connectivity index (χ0v) is 16.6. The number of carbonyl (C=O) groups excluding carboxylic acids is 2. The fourth-order valence-electron chi connectivity index (χ4n) is 6.18. The second kappa shape index (κ2) is 6.22. The summed E-state index contributed by atoms with van der Waals surface area (Å²) in [5.74, 6) is 0.170. The number of esters is 2. The van der Waals surface area contributed by atoms with Gasteiger partial charge in [0.15, 0.2) is 0 Å². The van der Waals surface area contributed by atoms with Crippen molar-refractivity contribution in [2.75, 3.05) is 0 Å². The van der Waals surface area contributed by atoms with Crippen LogP contribution in [0.4, 0.5) is 0 Å². The number of hydrogen-bond acceptors (Lipinski definition) is 5. The predicted octanol–water partition coefficient (Wildman–Crippen LogP) is 3.76. The number of carbonyl (C=O) groups is 2. The van der Waals surface area contributed by atoms with Crippen LogP contribution in [0, 0.1) is 47.3 Å². The molecular formula is C21H32O5. The molecule has 2 saturated heterocycles. The average Bonchev–Trinajstić information content (AvgIpc) is 3.14. The number of cyclic esters (lactones) is 2. The third-order valence-electron chi connectivity index (χ3n) is 8.06. The van der Waals surface area contributed by atoms with Gasteiger partial charge in [-0.3, -0.25) is 14.3 Å². The van der Waals surface area contributed by atoms with Crippen molar-refractivity contribution in [2.45, 2.75) is 72.4 Å². The van der Waals surface area contributed by atoms with E-state index in [1.165, 1.54) is 0 Å². The summed E-state index contributed by atoms with van der Waals surface area (Å²) >= 11 is 0. The zero-order chi connectivity index (χ0) is 18.8. The minimum Gasteiger partial charge on any atom is -0.435 e. The molecule has 0 unspecified atom stereocenters. The van der Waals surface area contributed by atoms with Crippen LogP contribution >= 0.6 is 0 Å². The van der Waals surface area contributed by atoms with Crippen molar-refractivity contribution in [3.63, 3.8) is 0 Å². The van der Waals surface area contributed by atoms with Crippen LogP contribution in [0.5, 0.6) is 0 Å². The summed E-state index contributed by atoms with van der Waals surface area (Å²) in [5.41, 5.74) is 0. The normalized spacial score (nSPS) is 53.7. The summed E-state index contributed by atoms with van der Waals surface area (Å²) in [4.78, 5) is 25.2. The molecule has 0 aromatic carbocycles. The van der Waals surface area contributed by atoms with E-state index in [-0.39, 0.29) is 41.5 Å². The van der Waals surface area contributed by atoms with Crippen molar-refractivity contribution < 1.29 is 23.8 Å². The van der Waals surface area contributed by atoms with Crippen LogP contribution in [-0.4, -0.2) is 24.0 Å². The van der Waals surface area contributed by atoms with Crippen LogP contribution in [0.25, 0.3) is 0 Å². The van der Waals surface area contributed by atoms with E-state index in [9.17, 15) is 9.59 Å². The highest BCUT2D eigenvalue weighted by molar-refractivity contribution is 5.75. The predicted molar refractivity (Wildman–Crippen MR) is 94.5 cm³/mol. The Bertz CT molecular complexity index is 603. The molecule has 2 aliphatic carbocycles. The fourth-order valence-corrected chi connectivity index (χ4v) is 6.18. The van der Waals surface area contributed by atoms with Gasteiger partial charge in [0.25, 0.3) is 0 Å². The highest BCUT2D eigenvalue weighted by Gasteiger charge is 2.58. The number of rotatable bonds is 2. The van der Waals surface area contributed by atoms with Gasteiger partial charge in [0.2, 0.25) is 12.1 Å². The Morgan fingerprint density at radius 2 is 1.46 bits per heavy atom. The Kier molecular flexibility index (Phi) is 4.37. The van der Waals surface area contributed by atoms with Crippen molar-refractivity contribution >= 4 is 11.9 Å². The summed E-state index contributed by atoms with van der Waals surface area (Å²) in [6.07, 6.45) is 3.55. The van der Waals surface area contributed by atoms with Crippen molar-refractivity contribution in [3.05, 3.63) is 0 Å². The van der Waals surface area contributed by atoms with Crippen molar-refractivity contribution in [1.29, 1.82) is 0 Å². The topological polar surface area (TPSA) is 61.8 Å². The highest BCUT2D eigenvalue weighted by Crippen LogP contribution is 2.52. The molecule has 146 valence electrons. The molecule has 0 aromatic heterocycles. The Labute approximate surface area is 156 Å². The lowest BCUT2D eigenvalue weighted by Crippen LogP contribution is -2.56. The number of fused-ring (bicyclic) bond motifs is 2. The maximum absolute atomic E-state index is 12.7. The first kappa shape index (κ1) is 18.3. The van der Waals surface area contributed by atoms with Gasteiger partial charge in [0, 0.05) is 18.8 Å². The van der Waals surface area contributed by atoms with E-state index in [0.29, 0.717) is 17.8 Å².